The molecule has 0 aliphatic rings. The molecule has 0 atom stereocenters. The van der Waals surface area contributed by atoms with Gasteiger partial charge in [0.25, 0.3) is 11.5 Å². The lowest BCUT2D eigenvalue weighted by Gasteiger charge is -2.10. The van der Waals surface area contributed by atoms with Gasteiger partial charge in [-0.2, -0.15) is 9.78 Å². The van der Waals surface area contributed by atoms with Crippen molar-refractivity contribution in [3.05, 3.63) is 85.6 Å². The highest BCUT2D eigenvalue weighted by Crippen LogP contribution is 2.31. The van der Waals surface area contributed by atoms with Crippen LogP contribution >= 0.6 is 22.9 Å². The molecule has 0 aliphatic heterocycles. The van der Waals surface area contributed by atoms with Crippen LogP contribution in [0.1, 0.15) is 38.9 Å². The zero-order chi connectivity index (χ0) is 23.7. The van der Waals surface area contributed by atoms with Crippen LogP contribution in [-0.2, 0) is 4.74 Å². The zero-order valence-electron chi connectivity index (χ0n) is 18.1. The van der Waals surface area contributed by atoms with E-state index in [1.54, 1.807) is 48.7 Å². The maximum Gasteiger partial charge on any atom is 0.359 e. The molecule has 0 saturated heterocycles. The fraction of sp³-hybridized carbons (Fsp3) is 0.167. The summed E-state index contributed by atoms with van der Waals surface area (Å²) in [7, 11) is 0. The first kappa shape index (κ1) is 22.7. The van der Waals surface area contributed by atoms with Crippen LogP contribution < -0.4 is 10.9 Å². The van der Waals surface area contributed by atoms with Gasteiger partial charge in [-0.15, -0.1) is 11.3 Å². The van der Waals surface area contributed by atoms with Gasteiger partial charge >= 0.3 is 5.97 Å². The standard InChI is InChI=1S/C24H20ClN3O4S/c1-4-32-24(31)20-18-12-33-22(26-21(29)15-9-8-13(2)14(3)10-15)19(18)23(30)28(27-20)17-7-5-6-16(25)11-17/h5-12H,4H2,1-3H3,(H,26,29). The first-order chi connectivity index (χ1) is 15.8. The number of anilines is 1. The summed E-state index contributed by atoms with van der Waals surface area (Å²) in [5.41, 5.74) is 2.40. The van der Waals surface area contributed by atoms with Crippen LogP contribution in [0.25, 0.3) is 16.5 Å². The van der Waals surface area contributed by atoms with E-state index in [1.807, 2.05) is 19.9 Å². The number of thiophene rings is 1. The number of carbonyl (C=O) groups is 2. The van der Waals surface area contributed by atoms with Crippen LogP contribution in [0.4, 0.5) is 5.00 Å². The van der Waals surface area contributed by atoms with Gasteiger partial charge < -0.3 is 10.1 Å². The number of amides is 1. The molecule has 1 amide bonds. The molecule has 1 N–H and O–H groups in total. The number of nitrogens with zero attached hydrogens (tertiary/aromatic N) is 2. The van der Waals surface area contributed by atoms with Crippen LogP contribution in [0.15, 0.2) is 52.6 Å². The van der Waals surface area contributed by atoms with E-state index < -0.39 is 11.5 Å². The number of aromatic nitrogens is 2. The Labute approximate surface area is 198 Å². The Hall–Kier alpha value is -3.49. The zero-order valence-corrected chi connectivity index (χ0v) is 19.7. The van der Waals surface area contributed by atoms with Crippen molar-refractivity contribution in [2.45, 2.75) is 20.8 Å². The summed E-state index contributed by atoms with van der Waals surface area (Å²) >= 11 is 7.24. The lowest BCUT2D eigenvalue weighted by Crippen LogP contribution is -2.25. The molecule has 0 unspecified atom stereocenters. The van der Waals surface area contributed by atoms with Crippen molar-refractivity contribution in [2.24, 2.45) is 0 Å². The number of fused-ring (bicyclic) bond motifs is 1. The third kappa shape index (κ3) is 4.40. The minimum atomic E-state index is -0.664. The van der Waals surface area contributed by atoms with Crippen LogP contribution in [0, 0.1) is 13.8 Å². The minimum absolute atomic E-state index is 0.0191. The van der Waals surface area contributed by atoms with Crippen molar-refractivity contribution in [3.8, 4) is 5.69 Å². The van der Waals surface area contributed by atoms with Gasteiger partial charge in [0.1, 0.15) is 5.00 Å². The Bertz CT molecular complexity index is 1460. The monoisotopic (exact) mass is 481 g/mol. The molecule has 9 heteroatoms. The number of aryl methyl sites for hydroxylation is 2. The second-order valence-corrected chi connectivity index (χ2v) is 8.69. The predicted octanol–water partition coefficient (Wildman–Crippen LogP) is 5.15. The fourth-order valence-electron chi connectivity index (χ4n) is 3.33. The molecule has 0 spiro atoms. The summed E-state index contributed by atoms with van der Waals surface area (Å²) in [6.45, 7) is 5.73. The van der Waals surface area contributed by atoms with Crippen molar-refractivity contribution < 1.29 is 14.3 Å². The van der Waals surface area contributed by atoms with Gasteiger partial charge in [-0.25, -0.2) is 4.79 Å². The largest absolute Gasteiger partial charge is 0.461 e. The summed E-state index contributed by atoms with van der Waals surface area (Å²) in [5, 5.41) is 9.93. The summed E-state index contributed by atoms with van der Waals surface area (Å²) in [5.74, 6) is -1.02. The summed E-state index contributed by atoms with van der Waals surface area (Å²) in [4.78, 5) is 39.0. The van der Waals surface area contributed by atoms with E-state index in [1.165, 1.54) is 0 Å². The van der Waals surface area contributed by atoms with Gasteiger partial charge in [0.05, 0.1) is 17.7 Å². The molecule has 168 valence electrons. The highest BCUT2D eigenvalue weighted by molar-refractivity contribution is 7.16. The second kappa shape index (κ2) is 9.17. The van der Waals surface area contributed by atoms with Gasteiger partial charge in [0, 0.05) is 21.4 Å². The van der Waals surface area contributed by atoms with Crippen LogP contribution in [0.3, 0.4) is 0 Å². The number of halogens is 1. The molecule has 4 rings (SSSR count). The van der Waals surface area contributed by atoms with Gasteiger partial charge in [0.15, 0.2) is 5.69 Å². The van der Waals surface area contributed by atoms with Gasteiger partial charge in [-0.1, -0.05) is 23.7 Å². The number of nitrogens with one attached hydrogen (secondary N) is 1. The topological polar surface area (TPSA) is 90.3 Å². The predicted molar refractivity (Wildman–Crippen MR) is 130 cm³/mol. The number of ether oxygens (including phenoxy) is 1. The molecule has 0 fully saturated rings. The number of benzene rings is 2. The van der Waals surface area contributed by atoms with Crippen molar-refractivity contribution in [3.63, 3.8) is 0 Å². The Morgan fingerprint density at radius 1 is 1.15 bits per heavy atom. The Morgan fingerprint density at radius 3 is 2.64 bits per heavy atom. The van der Waals surface area contributed by atoms with Crippen molar-refractivity contribution >= 4 is 50.6 Å². The summed E-state index contributed by atoms with van der Waals surface area (Å²) in [6, 6.07) is 11.9. The van der Waals surface area contributed by atoms with E-state index in [9.17, 15) is 14.4 Å². The molecule has 0 radical (unpaired) electrons. The molecule has 2 aromatic carbocycles. The summed E-state index contributed by atoms with van der Waals surface area (Å²) < 4.78 is 6.25. The van der Waals surface area contributed by atoms with E-state index in [4.69, 9.17) is 16.3 Å². The molecule has 4 aromatic rings. The van der Waals surface area contributed by atoms with E-state index in [-0.39, 0.29) is 23.6 Å². The first-order valence-corrected chi connectivity index (χ1v) is 11.4. The van der Waals surface area contributed by atoms with Crippen LogP contribution in [0.5, 0.6) is 0 Å². The first-order valence-electron chi connectivity index (χ1n) is 10.2. The third-order valence-corrected chi connectivity index (χ3v) is 6.30. The van der Waals surface area contributed by atoms with Crippen LogP contribution in [-0.4, -0.2) is 28.3 Å². The van der Waals surface area contributed by atoms with E-state index >= 15 is 0 Å². The second-order valence-electron chi connectivity index (χ2n) is 7.37. The Morgan fingerprint density at radius 2 is 1.94 bits per heavy atom. The fourth-order valence-corrected chi connectivity index (χ4v) is 4.45. The van der Waals surface area contributed by atoms with Gasteiger partial charge in [-0.3, -0.25) is 9.59 Å². The molecule has 2 heterocycles. The smallest absolute Gasteiger partial charge is 0.359 e. The Kier molecular flexibility index (Phi) is 6.31. The molecule has 0 bridgehead atoms. The minimum Gasteiger partial charge on any atom is -0.461 e. The number of hydrogen-bond donors (Lipinski definition) is 1. The molecule has 2 aromatic heterocycles. The molecule has 33 heavy (non-hydrogen) atoms. The van der Waals surface area contributed by atoms with E-state index in [0.717, 1.165) is 27.1 Å². The number of carbonyl (C=O) groups excluding carboxylic acids is 2. The molecule has 0 saturated carbocycles. The van der Waals surface area contributed by atoms with Crippen molar-refractivity contribution in [1.29, 1.82) is 0 Å². The van der Waals surface area contributed by atoms with Crippen molar-refractivity contribution in [1.82, 2.24) is 9.78 Å². The van der Waals surface area contributed by atoms with E-state index in [0.29, 0.717) is 26.7 Å². The Balaban J connectivity index is 1.88. The maximum absolute atomic E-state index is 13.4. The lowest BCUT2D eigenvalue weighted by atomic mass is 10.1. The number of rotatable bonds is 5. The average molecular weight is 482 g/mol. The van der Waals surface area contributed by atoms with Gasteiger partial charge in [0.2, 0.25) is 0 Å². The average Bonchev–Trinajstić information content (AvgIpc) is 3.20. The highest BCUT2D eigenvalue weighted by Gasteiger charge is 2.23. The molecular weight excluding hydrogens is 462 g/mol. The van der Waals surface area contributed by atoms with Crippen molar-refractivity contribution in [2.75, 3.05) is 11.9 Å². The quantitative estimate of drug-likeness (QED) is 0.398. The number of esters is 1. The van der Waals surface area contributed by atoms with E-state index in [2.05, 4.69) is 10.4 Å². The normalized spacial score (nSPS) is 10.9. The molecule has 7 nitrogen and oxygen atoms in total. The van der Waals surface area contributed by atoms with Crippen LogP contribution in [0.2, 0.25) is 5.02 Å². The molecular formula is C24H20ClN3O4S. The van der Waals surface area contributed by atoms with Gasteiger partial charge in [-0.05, 0) is 62.2 Å². The third-order valence-electron chi connectivity index (χ3n) is 5.17. The number of hydrogen-bond acceptors (Lipinski definition) is 6. The maximum atomic E-state index is 13.4. The SMILES string of the molecule is CCOC(=O)c1nn(-c2cccc(Cl)c2)c(=O)c2c(NC(=O)c3ccc(C)c(C)c3)scc12. The lowest BCUT2D eigenvalue weighted by molar-refractivity contribution is 0.0520. The summed E-state index contributed by atoms with van der Waals surface area (Å²) in [6.07, 6.45) is 0. The molecule has 0 aliphatic carbocycles. The highest BCUT2D eigenvalue weighted by atomic mass is 35.5.